The van der Waals surface area contributed by atoms with E-state index in [9.17, 15) is 4.79 Å². The molecule has 1 heterocycles. The first-order chi connectivity index (χ1) is 7.75. The highest BCUT2D eigenvalue weighted by atomic mass is 127. The van der Waals surface area contributed by atoms with E-state index in [1.165, 1.54) is 0 Å². The Morgan fingerprint density at radius 1 is 1.25 bits per heavy atom. The van der Waals surface area contributed by atoms with Crippen LogP contribution in [0.3, 0.4) is 0 Å². The van der Waals surface area contributed by atoms with E-state index in [2.05, 4.69) is 32.9 Å². The molecule has 0 spiro atoms. The lowest BCUT2D eigenvalue weighted by Crippen LogP contribution is -2.11. The molecule has 3 nitrogen and oxygen atoms in total. The molecule has 2 aromatic rings. The number of benzene rings is 1. The minimum atomic E-state index is -0.143. The second-order valence-corrected chi connectivity index (χ2v) is 4.45. The lowest BCUT2D eigenvalue weighted by molar-refractivity contribution is 0.102. The van der Waals surface area contributed by atoms with E-state index in [1.54, 1.807) is 24.5 Å². The van der Waals surface area contributed by atoms with Crippen LogP contribution in [0.4, 0.5) is 5.69 Å². The van der Waals surface area contributed by atoms with E-state index in [-0.39, 0.29) is 5.91 Å². The molecule has 1 N–H and O–H groups in total. The molecule has 16 heavy (non-hydrogen) atoms. The Morgan fingerprint density at radius 3 is 2.81 bits per heavy atom. The fraction of sp³-hybridized carbons (Fsp3) is 0. The van der Waals surface area contributed by atoms with Gasteiger partial charge in [0.1, 0.15) is 0 Å². The Bertz CT molecular complexity index is 499. The molecule has 2 rings (SSSR count). The second-order valence-electron chi connectivity index (χ2n) is 3.21. The normalized spacial score (nSPS) is 9.81. The maximum Gasteiger partial charge on any atom is 0.257 e. The minimum absolute atomic E-state index is 0.143. The molecule has 1 aromatic heterocycles. The maximum atomic E-state index is 11.8. The molecule has 80 valence electrons. The first kappa shape index (κ1) is 11.1. The molecule has 0 saturated carbocycles. The fourth-order valence-electron chi connectivity index (χ4n) is 1.27. The number of pyridine rings is 1. The van der Waals surface area contributed by atoms with Gasteiger partial charge in [-0.15, -0.1) is 0 Å². The summed E-state index contributed by atoms with van der Waals surface area (Å²) in [6.45, 7) is 0. The summed E-state index contributed by atoms with van der Waals surface area (Å²) in [6.07, 6.45) is 3.19. The monoisotopic (exact) mass is 324 g/mol. The van der Waals surface area contributed by atoms with Crippen LogP contribution in [0.2, 0.25) is 0 Å². The summed E-state index contributed by atoms with van der Waals surface area (Å²) in [5.41, 5.74) is 1.35. The van der Waals surface area contributed by atoms with E-state index >= 15 is 0 Å². The highest BCUT2D eigenvalue weighted by molar-refractivity contribution is 14.1. The Kier molecular flexibility index (Phi) is 3.51. The predicted molar refractivity (Wildman–Crippen MR) is 71.3 cm³/mol. The van der Waals surface area contributed by atoms with Crippen molar-refractivity contribution in [3.8, 4) is 0 Å². The summed E-state index contributed by atoms with van der Waals surface area (Å²) in [5.74, 6) is -0.143. The number of hydrogen-bond donors (Lipinski definition) is 1. The first-order valence-corrected chi connectivity index (χ1v) is 5.80. The van der Waals surface area contributed by atoms with Gasteiger partial charge in [-0.05, 0) is 52.9 Å². The quantitative estimate of drug-likeness (QED) is 0.863. The number of anilines is 1. The molecule has 0 aliphatic rings. The molecule has 0 aliphatic carbocycles. The fourth-order valence-corrected chi connectivity index (χ4v) is 1.81. The van der Waals surface area contributed by atoms with Crippen LogP contribution >= 0.6 is 22.6 Å². The van der Waals surface area contributed by atoms with Gasteiger partial charge in [0.15, 0.2) is 0 Å². The molecule has 0 saturated heterocycles. The Balaban J connectivity index is 2.14. The smallest absolute Gasteiger partial charge is 0.257 e. The zero-order chi connectivity index (χ0) is 11.4. The van der Waals surface area contributed by atoms with Gasteiger partial charge < -0.3 is 5.32 Å². The van der Waals surface area contributed by atoms with Gasteiger partial charge in [0.25, 0.3) is 5.91 Å². The van der Waals surface area contributed by atoms with Crippen molar-refractivity contribution < 1.29 is 4.79 Å². The van der Waals surface area contributed by atoms with Crippen LogP contribution in [0.1, 0.15) is 10.4 Å². The standard InChI is InChI=1S/C12H9IN2O/c13-10-4-1-5-11(7-10)15-12(16)9-3-2-6-14-8-9/h1-8H,(H,15,16). The molecule has 0 unspecified atom stereocenters. The summed E-state index contributed by atoms with van der Waals surface area (Å²) < 4.78 is 1.08. The lowest BCUT2D eigenvalue weighted by atomic mass is 10.2. The molecular weight excluding hydrogens is 315 g/mol. The largest absolute Gasteiger partial charge is 0.322 e. The summed E-state index contributed by atoms with van der Waals surface area (Å²) in [5, 5.41) is 2.82. The topological polar surface area (TPSA) is 42.0 Å². The van der Waals surface area contributed by atoms with Crippen LogP contribution in [0.5, 0.6) is 0 Å². The molecule has 0 atom stereocenters. The van der Waals surface area contributed by atoms with E-state index < -0.39 is 0 Å². The van der Waals surface area contributed by atoms with Crippen LogP contribution in [-0.2, 0) is 0 Å². The average Bonchev–Trinajstić information content (AvgIpc) is 2.30. The molecule has 0 fully saturated rings. The van der Waals surface area contributed by atoms with Gasteiger partial charge in [0.2, 0.25) is 0 Å². The van der Waals surface area contributed by atoms with Crippen LogP contribution in [0, 0.1) is 3.57 Å². The first-order valence-electron chi connectivity index (χ1n) is 4.72. The highest BCUT2D eigenvalue weighted by Gasteiger charge is 2.05. The van der Waals surface area contributed by atoms with E-state index in [4.69, 9.17) is 0 Å². The van der Waals surface area contributed by atoms with Gasteiger partial charge in [0.05, 0.1) is 5.56 Å². The number of carbonyl (C=O) groups excluding carboxylic acids is 1. The third-order valence-electron chi connectivity index (χ3n) is 2.01. The van der Waals surface area contributed by atoms with Crippen molar-refractivity contribution in [3.63, 3.8) is 0 Å². The Labute approximate surface area is 107 Å². The zero-order valence-corrected chi connectivity index (χ0v) is 10.5. The number of nitrogens with zero attached hydrogens (tertiary/aromatic N) is 1. The summed E-state index contributed by atoms with van der Waals surface area (Å²) in [4.78, 5) is 15.7. The zero-order valence-electron chi connectivity index (χ0n) is 8.35. The van der Waals surface area contributed by atoms with Gasteiger partial charge in [-0.1, -0.05) is 6.07 Å². The van der Waals surface area contributed by atoms with Gasteiger partial charge in [-0.25, -0.2) is 0 Å². The molecule has 1 aromatic carbocycles. The third kappa shape index (κ3) is 2.79. The SMILES string of the molecule is O=C(Nc1cccc(I)c1)c1cccnc1. The van der Waals surface area contributed by atoms with Gasteiger partial charge in [-0.3, -0.25) is 9.78 Å². The summed E-state index contributed by atoms with van der Waals surface area (Å²) in [6, 6.07) is 11.1. The number of hydrogen-bond acceptors (Lipinski definition) is 2. The Hall–Kier alpha value is -1.43. The molecular formula is C12H9IN2O. The van der Waals surface area contributed by atoms with Crippen molar-refractivity contribution in [1.82, 2.24) is 4.98 Å². The lowest BCUT2D eigenvalue weighted by Gasteiger charge is -2.04. The van der Waals surface area contributed by atoms with Crippen molar-refractivity contribution in [2.75, 3.05) is 5.32 Å². The van der Waals surface area contributed by atoms with Crippen molar-refractivity contribution >= 4 is 34.2 Å². The van der Waals surface area contributed by atoms with Gasteiger partial charge in [-0.2, -0.15) is 0 Å². The number of nitrogens with one attached hydrogen (secondary N) is 1. The highest BCUT2D eigenvalue weighted by Crippen LogP contribution is 2.13. The number of carbonyl (C=O) groups is 1. The van der Waals surface area contributed by atoms with Crippen LogP contribution in [0.15, 0.2) is 48.8 Å². The van der Waals surface area contributed by atoms with Crippen LogP contribution in [-0.4, -0.2) is 10.9 Å². The van der Waals surface area contributed by atoms with Crippen molar-refractivity contribution in [3.05, 3.63) is 57.9 Å². The second kappa shape index (κ2) is 5.07. The number of aromatic nitrogens is 1. The number of halogens is 1. The molecule has 0 bridgehead atoms. The Morgan fingerprint density at radius 2 is 2.12 bits per heavy atom. The third-order valence-corrected chi connectivity index (χ3v) is 2.68. The van der Waals surface area contributed by atoms with E-state index in [0.717, 1.165) is 9.26 Å². The van der Waals surface area contributed by atoms with Crippen molar-refractivity contribution in [1.29, 1.82) is 0 Å². The van der Waals surface area contributed by atoms with Crippen molar-refractivity contribution in [2.45, 2.75) is 0 Å². The molecule has 4 heteroatoms. The van der Waals surface area contributed by atoms with Crippen molar-refractivity contribution in [2.24, 2.45) is 0 Å². The van der Waals surface area contributed by atoms with Gasteiger partial charge in [0, 0.05) is 21.7 Å². The maximum absolute atomic E-state index is 11.8. The van der Waals surface area contributed by atoms with E-state index in [0.29, 0.717) is 5.56 Å². The summed E-state index contributed by atoms with van der Waals surface area (Å²) in [7, 11) is 0. The van der Waals surface area contributed by atoms with E-state index in [1.807, 2.05) is 24.3 Å². The number of rotatable bonds is 2. The molecule has 1 amide bonds. The van der Waals surface area contributed by atoms with Crippen LogP contribution < -0.4 is 5.32 Å². The predicted octanol–water partition coefficient (Wildman–Crippen LogP) is 2.94. The van der Waals surface area contributed by atoms with Crippen LogP contribution in [0.25, 0.3) is 0 Å². The van der Waals surface area contributed by atoms with Gasteiger partial charge >= 0.3 is 0 Å². The number of amides is 1. The average molecular weight is 324 g/mol. The molecule has 0 radical (unpaired) electrons. The summed E-state index contributed by atoms with van der Waals surface area (Å²) >= 11 is 2.20. The minimum Gasteiger partial charge on any atom is -0.322 e. The molecule has 0 aliphatic heterocycles.